The van der Waals surface area contributed by atoms with Crippen LogP contribution in [0, 0.1) is 10.1 Å². The van der Waals surface area contributed by atoms with Crippen molar-refractivity contribution in [3.63, 3.8) is 0 Å². The van der Waals surface area contributed by atoms with Crippen LogP contribution < -0.4 is 4.74 Å². The number of nitrogens with zero attached hydrogens (tertiary/aromatic N) is 2. The zero-order chi connectivity index (χ0) is 15.2. The van der Waals surface area contributed by atoms with E-state index in [9.17, 15) is 15.2 Å². The molecular formula is C14H20N2O5. The summed E-state index contributed by atoms with van der Waals surface area (Å²) in [6, 6.07) is 5.95. The Bertz CT molecular complexity index is 482. The van der Waals surface area contributed by atoms with Gasteiger partial charge in [-0.1, -0.05) is 6.07 Å². The first kappa shape index (κ1) is 15.7. The minimum absolute atomic E-state index is 0.0241. The summed E-state index contributed by atoms with van der Waals surface area (Å²) in [7, 11) is 0. The Morgan fingerprint density at radius 2 is 2.43 bits per heavy atom. The number of ether oxygens (including phenoxy) is 2. The lowest BCUT2D eigenvalue weighted by Crippen LogP contribution is -2.45. The fourth-order valence-corrected chi connectivity index (χ4v) is 2.29. The van der Waals surface area contributed by atoms with Crippen LogP contribution >= 0.6 is 0 Å². The molecule has 0 saturated carbocycles. The number of rotatable bonds is 6. The molecule has 1 aromatic carbocycles. The molecule has 0 radical (unpaired) electrons. The molecule has 0 aliphatic carbocycles. The van der Waals surface area contributed by atoms with Gasteiger partial charge in [0.1, 0.15) is 18.5 Å². The van der Waals surface area contributed by atoms with Crippen molar-refractivity contribution < 1.29 is 19.5 Å². The van der Waals surface area contributed by atoms with E-state index in [0.29, 0.717) is 18.9 Å². The van der Waals surface area contributed by atoms with Gasteiger partial charge in [-0.05, 0) is 13.0 Å². The van der Waals surface area contributed by atoms with Gasteiger partial charge in [0.2, 0.25) is 0 Å². The molecule has 21 heavy (non-hydrogen) atoms. The molecule has 1 N–H and O–H groups in total. The van der Waals surface area contributed by atoms with Crippen molar-refractivity contribution in [2.75, 3.05) is 32.8 Å². The summed E-state index contributed by atoms with van der Waals surface area (Å²) in [4.78, 5) is 12.3. The SMILES string of the molecule is CC1CN(CC(O)COc2cccc([N+](=O)[O-])c2)CCO1. The average molecular weight is 296 g/mol. The van der Waals surface area contributed by atoms with Crippen LogP contribution in [-0.4, -0.2) is 60.0 Å². The van der Waals surface area contributed by atoms with E-state index >= 15 is 0 Å². The summed E-state index contributed by atoms with van der Waals surface area (Å²) in [5, 5.41) is 20.7. The number of nitro groups is 1. The van der Waals surface area contributed by atoms with E-state index in [-0.39, 0.29) is 18.4 Å². The fraction of sp³-hybridized carbons (Fsp3) is 0.571. The number of aliphatic hydroxyl groups is 1. The van der Waals surface area contributed by atoms with Crippen molar-refractivity contribution in [3.05, 3.63) is 34.4 Å². The largest absolute Gasteiger partial charge is 0.491 e. The molecule has 1 aromatic rings. The zero-order valence-electron chi connectivity index (χ0n) is 12.0. The molecule has 1 fully saturated rings. The summed E-state index contributed by atoms with van der Waals surface area (Å²) in [5.41, 5.74) is -0.0241. The molecule has 7 nitrogen and oxygen atoms in total. The first-order chi connectivity index (χ1) is 10.0. The predicted octanol–water partition coefficient (Wildman–Crippen LogP) is 1.06. The maximum atomic E-state index is 10.7. The van der Waals surface area contributed by atoms with Crippen LogP contribution in [0.1, 0.15) is 6.92 Å². The summed E-state index contributed by atoms with van der Waals surface area (Å²) in [6.45, 7) is 4.85. The maximum absolute atomic E-state index is 10.7. The average Bonchev–Trinajstić information content (AvgIpc) is 2.45. The van der Waals surface area contributed by atoms with Gasteiger partial charge in [0.25, 0.3) is 5.69 Å². The van der Waals surface area contributed by atoms with Gasteiger partial charge in [-0.3, -0.25) is 15.0 Å². The van der Waals surface area contributed by atoms with Gasteiger partial charge >= 0.3 is 0 Å². The van der Waals surface area contributed by atoms with Gasteiger partial charge in [0.15, 0.2) is 0 Å². The number of benzene rings is 1. The van der Waals surface area contributed by atoms with Crippen LogP contribution in [0.4, 0.5) is 5.69 Å². The van der Waals surface area contributed by atoms with Crippen molar-refractivity contribution in [2.24, 2.45) is 0 Å². The van der Waals surface area contributed by atoms with Crippen molar-refractivity contribution in [3.8, 4) is 5.75 Å². The molecule has 1 aliphatic heterocycles. The van der Waals surface area contributed by atoms with Gasteiger partial charge in [0.05, 0.1) is 23.7 Å². The monoisotopic (exact) mass is 296 g/mol. The van der Waals surface area contributed by atoms with Crippen LogP contribution in [0.3, 0.4) is 0 Å². The third-order valence-corrected chi connectivity index (χ3v) is 3.26. The predicted molar refractivity (Wildman–Crippen MR) is 76.5 cm³/mol. The highest BCUT2D eigenvalue weighted by Gasteiger charge is 2.19. The first-order valence-corrected chi connectivity index (χ1v) is 6.94. The molecule has 7 heteroatoms. The normalized spacial score (nSPS) is 21.0. The molecule has 2 rings (SSSR count). The molecule has 1 aliphatic rings. The third kappa shape index (κ3) is 4.96. The van der Waals surface area contributed by atoms with Crippen molar-refractivity contribution >= 4 is 5.69 Å². The van der Waals surface area contributed by atoms with Crippen molar-refractivity contribution in [2.45, 2.75) is 19.1 Å². The van der Waals surface area contributed by atoms with Gasteiger partial charge in [-0.25, -0.2) is 0 Å². The Kier molecular flexibility index (Phi) is 5.49. The molecule has 0 spiro atoms. The Hall–Kier alpha value is -1.70. The highest BCUT2D eigenvalue weighted by atomic mass is 16.6. The van der Waals surface area contributed by atoms with E-state index in [4.69, 9.17) is 9.47 Å². The number of non-ortho nitro benzene ring substituents is 1. The van der Waals surface area contributed by atoms with E-state index in [1.807, 2.05) is 6.92 Å². The second-order valence-electron chi connectivity index (χ2n) is 5.16. The summed E-state index contributed by atoms with van der Waals surface area (Å²) >= 11 is 0. The van der Waals surface area contributed by atoms with Crippen LogP contribution in [0.25, 0.3) is 0 Å². The highest BCUT2D eigenvalue weighted by Crippen LogP contribution is 2.19. The second-order valence-corrected chi connectivity index (χ2v) is 5.16. The van der Waals surface area contributed by atoms with E-state index < -0.39 is 11.0 Å². The van der Waals surface area contributed by atoms with Gasteiger partial charge in [-0.15, -0.1) is 0 Å². The summed E-state index contributed by atoms with van der Waals surface area (Å²) < 4.78 is 10.9. The van der Waals surface area contributed by atoms with Crippen LogP contribution in [0.15, 0.2) is 24.3 Å². The Labute approximate surface area is 123 Å². The molecule has 1 heterocycles. The fourth-order valence-electron chi connectivity index (χ4n) is 2.29. The highest BCUT2D eigenvalue weighted by molar-refractivity contribution is 5.37. The van der Waals surface area contributed by atoms with E-state index in [1.165, 1.54) is 12.1 Å². The minimum atomic E-state index is -0.644. The molecule has 1 saturated heterocycles. The molecule has 116 valence electrons. The maximum Gasteiger partial charge on any atom is 0.273 e. The number of hydrogen-bond acceptors (Lipinski definition) is 6. The van der Waals surface area contributed by atoms with Gasteiger partial charge < -0.3 is 14.6 Å². The quantitative estimate of drug-likeness (QED) is 0.624. The number of hydrogen-bond donors (Lipinski definition) is 1. The van der Waals surface area contributed by atoms with Crippen molar-refractivity contribution in [1.82, 2.24) is 4.90 Å². The Morgan fingerprint density at radius 1 is 1.62 bits per heavy atom. The molecular weight excluding hydrogens is 276 g/mol. The van der Waals surface area contributed by atoms with Crippen LogP contribution in [0.5, 0.6) is 5.75 Å². The summed E-state index contributed by atoms with van der Waals surface area (Å²) in [6.07, 6.45) is -0.474. The van der Waals surface area contributed by atoms with E-state index in [0.717, 1.165) is 13.1 Å². The zero-order valence-corrected chi connectivity index (χ0v) is 12.0. The molecule has 2 atom stereocenters. The molecule has 0 aromatic heterocycles. The van der Waals surface area contributed by atoms with Gasteiger partial charge in [-0.2, -0.15) is 0 Å². The lowest BCUT2D eigenvalue weighted by Gasteiger charge is -2.32. The molecule has 2 unspecified atom stereocenters. The Morgan fingerprint density at radius 3 is 3.14 bits per heavy atom. The second kappa shape index (κ2) is 7.35. The smallest absolute Gasteiger partial charge is 0.273 e. The Balaban J connectivity index is 1.79. The lowest BCUT2D eigenvalue weighted by molar-refractivity contribution is -0.384. The molecule has 0 amide bonds. The third-order valence-electron chi connectivity index (χ3n) is 3.26. The number of β-amino-alcohol motifs (C(OH)–C–C–N with tert-alkyl or cyclic N) is 1. The standard InChI is InChI=1S/C14H20N2O5/c1-11-8-15(5-6-20-11)9-13(17)10-21-14-4-2-3-12(7-14)16(18)19/h2-4,7,11,13,17H,5-6,8-10H2,1H3. The lowest BCUT2D eigenvalue weighted by atomic mass is 10.2. The molecule has 0 bridgehead atoms. The summed E-state index contributed by atoms with van der Waals surface area (Å²) in [5.74, 6) is 0.388. The number of nitro benzene ring substituents is 1. The van der Waals surface area contributed by atoms with E-state index in [2.05, 4.69) is 4.90 Å². The van der Waals surface area contributed by atoms with Crippen LogP contribution in [0.2, 0.25) is 0 Å². The van der Waals surface area contributed by atoms with Gasteiger partial charge in [0, 0.05) is 25.7 Å². The number of aliphatic hydroxyl groups excluding tert-OH is 1. The topological polar surface area (TPSA) is 85.1 Å². The minimum Gasteiger partial charge on any atom is -0.491 e. The van der Waals surface area contributed by atoms with Crippen molar-refractivity contribution in [1.29, 1.82) is 0 Å². The van der Waals surface area contributed by atoms with E-state index in [1.54, 1.807) is 12.1 Å². The van der Waals surface area contributed by atoms with Crippen LogP contribution in [-0.2, 0) is 4.74 Å². The number of morpholine rings is 1. The first-order valence-electron chi connectivity index (χ1n) is 6.94.